The van der Waals surface area contributed by atoms with Crippen molar-refractivity contribution in [2.75, 3.05) is 12.4 Å². The first kappa shape index (κ1) is 12.3. The van der Waals surface area contributed by atoms with Gasteiger partial charge in [0.1, 0.15) is 0 Å². The lowest BCUT2D eigenvalue weighted by Crippen LogP contribution is -2.06. The highest BCUT2D eigenvalue weighted by Crippen LogP contribution is 2.16. The quantitative estimate of drug-likeness (QED) is 0.638. The zero-order valence-corrected chi connectivity index (χ0v) is 10.2. The first-order valence-corrected chi connectivity index (χ1v) is 6.18. The van der Waals surface area contributed by atoms with Gasteiger partial charge in [0.25, 0.3) is 0 Å². The van der Waals surface area contributed by atoms with Crippen LogP contribution in [-0.4, -0.2) is 23.3 Å². The molecule has 0 saturated heterocycles. The predicted molar refractivity (Wildman–Crippen MR) is 65.6 cm³/mol. The van der Waals surface area contributed by atoms with Gasteiger partial charge in [0, 0.05) is 0 Å². The molecule has 82 valence electrons. The summed E-state index contributed by atoms with van der Waals surface area (Å²) in [7, 11) is 0. The second-order valence-corrected chi connectivity index (χ2v) is 4.03. The van der Waals surface area contributed by atoms with Gasteiger partial charge >= 0.3 is 5.97 Å². The smallest absolute Gasteiger partial charge is 0.358 e. The molecule has 3 nitrogen and oxygen atoms in total. The monoisotopic (exact) mass is 243 g/mol. The maximum atomic E-state index is 11.4. The van der Waals surface area contributed by atoms with Crippen LogP contribution in [0.5, 0.6) is 0 Å². The van der Waals surface area contributed by atoms with E-state index in [9.17, 15) is 4.79 Å². The van der Waals surface area contributed by atoms with E-state index in [-0.39, 0.29) is 5.97 Å². The Balaban J connectivity index is 2.73. The number of allylic oxidation sites excluding steroid dienone is 1. The average Bonchev–Trinajstić information content (AvgIpc) is 2.67. The highest BCUT2D eigenvalue weighted by molar-refractivity contribution is 7.80. The zero-order chi connectivity index (χ0) is 11.1. The van der Waals surface area contributed by atoms with Crippen LogP contribution in [0.2, 0.25) is 0 Å². The maximum absolute atomic E-state index is 11.4. The summed E-state index contributed by atoms with van der Waals surface area (Å²) in [5.41, 5.74) is 2.05. The molecule has 0 saturated carbocycles. The van der Waals surface area contributed by atoms with Crippen molar-refractivity contribution in [1.29, 1.82) is 0 Å². The average molecular weight is 243 g/mol. The van der Waals surface area contributed by atoms with Gasteiger partial charge in [0.05, 0.1) is 17.0 Å². The summed E-state index contributed by atoms with van der Waals surface area (Å²) in [6, 6.07) is 0. The summed E-state index contributed by atoms with van der Waals surface area (Å²) in [4.78, 5) is 16.3. The van der Waals surface area contributed by atoms with E-state index in [0.717, 1.165) is 17.1 Å². The molecule has 0 unspecified atom stereocenters. The lowest BCUT2D eigenvalue weighted by Gasteiger charge is -1.98. The highest BCUT2D eigenvalue weighted by atomic mass is 32.1. The number of ether oxygens (including phenoxy) is 1. The molecule has 1 aromatic heterocycles. The van der Waals surface area contributed by atoms with Crippen LogP contribution in [0, 0.1) is 0 Å². The molecule has 0 bridgehead atoms. The molecule has 1 aromatic rings. The molecule has 0 spiro atoms. The third-order valence-corrected chi connectivity index (χ3v) is 2.68. The molecule has 5 heteroatoms. The molecule has 0 aliphatic heterocycles. The molecule has 0 aliphatic rings. The minimum atomic E-state index is -0.357. The van der Waals surface area contributed by atoms with E-state index < -0.39 is 0 Å². The Kier molecular flexibility index (Phi) is 5.42. The molecule has 0 amide bonds. The Morgan fingerprint density at radius 3 is 3.20 bits per heavy atom. The number of thiazole rings is 1. The Hall–Kier alpha value is -0.810. The molecule has 0 radical (unpaired) electrons. The van der Waals surface area contributed by atoms with Gasteiger partial charge in [0.2, 0.25) is 0 Å². The largest absolute Gasteiger partial charge is 0.461 e. The van der Waals surface area contributed by atoms with Gasteiger partial charge in [-0.25, -0.2) is 9.78 Å². The first-order valence-electron chi connectivity index (χ1n) is 4.67. The molecule has 15 heavy (non-hydrogen) atoms. The van der Waals surface area contributed by atoms with Crippen molar-refractivity contribution in [2.24, 2.45) is 0 Å². The molecule has 1 heterocycles. The van der Waals surface area contributed by atoms with Crippen molar-refractivity contribution in [2.45, 2.75) is 13.3 Å². The van der Waals surface area contributed by atoms with Crippen molar-refractivity contribution in [3.05, 3.63) is 22.2 Å². The third kappa shape index (κ3) is 3.68. The van der Waals surface area contributed by atoms with Crippen LogP contribution in [0.4, 0.5) is 0 Å². The summed E-state index contributed by atoms with van der Waals surface area (Å²) in [6.45, 7) is 2.15. The second-order valence-electron chi connectivity index (χ2n) is 2.70. The van der Waals surface area contributed by atoms with Crippen LogP contribution >= 0.6 is 24.0 Å². The summed E-state index contributed by atoms with van der Waals surface area (Å²) in [6.07, 6.45) is 4.74. The second kappa shape index (κ2) is 6.63. The number of rotatable bonds is 5. The Morgan fingerprint density at radius 2 is 2.53 bits per heavy atom. The topological polar surface area (TPSA) is 39.2 Å². The van der Waals surface area contributed by atoms with Gasteiger partial charge in [-0.15, -0.1) is 11.3 Å². The van der Waals surface area contributed by atoms with E-state index in [1.165, 1.54) is 11.3 Å². The van der Waals surface area contributed by atoms with Gasteiger partial charge < -0.3 is 4.74 Å². The fourth-order valence-electron chi connectivity index (χ4n) is 0.991. The summed E-state index contributed by atoms with van der Waals surface area (Å²) >= 11 is 5.53. The first-order chi connectivity index (χ1) is 7.29. The Labute approximate surface area is 98.6 Å². The lowest BCUT2D eigenvalue weighted by molar-refractivity contribution is 0.0520. The summed E-state index contributed by atoms with van der Waals surface area (Å²) < 4.78 is 4.89. The Bertz CT molecular complexity index is 347. The van der Waals surface area contributed by atoms with E-state index in [1.807, 2.05) is 12.2 Å². The van der Waals surface area contributed by atoms with Gasteiger partial charge in [-0.3, -0.25) is 0 Å². The standard InChI is InChI=1S/C10H13NO2S2/c1-2-13-10(12)9-8(15-7-11-9)5-3-4-6-14/h3,5,7,14H,2,4,6H2,1H3. The SMILES string of the molecule is CCOC(=O)c1ncsc1C=CCCS. The van der Waals surface area contributed by atoms with Crippen LogP contribution in [0.1, 0.15) is 28.7 Å². The van der Waals surface area contributed by atoms with Gasteiger partial charge in [0.15, 0.2) is 5.69 Å². The van der Waals surface area contributed by atoms with E-state index >= 15 is 0 Å². The number of carbonyl (C=O) groups excluding carboxylic acids is 1. The molecule has 1 rings (SSSR count). The molecule has 0 fully saturated rings. The van der Waals surface area contributed by atoms with Crippen LogP contribution in [-0.2, 0) is 4.74 Å². The van der Waals surface area contributed by atoms with Gasteiger partial charge in [-0.1, -0.05) is 6.08 Å². The number of hydrogen-bond acceptors (Lipinski definition) is 5. The van der Waals surface area contributed by atoms with Crippen LogP contribution < -0.4 is 0 Å². The van der Waals surface area contributed by atoms with Gasteiger partial charge in [-0.05, 0) is 25.2 Å². The van der Waals surface area contributed by atoms with Gasteiger partial charge in [-0.2, -0.15) is 12.6 Å². The zero-order valence-electron chi connectivity index (χ0n) is 8.47. The molecular weight excluding hydrogens is 230 g/mol. The highest BCUT2D eigenvalue weighted by Gasteiger charge is 2.13. The van der Waals surface area contributed by atoms with E-state index in [2.05, 4.69) is 17.6 Å². The maximum Gasteiger partial charge on any atom is 0.358 e. The fourth-order valence-corrected chi connectivity index (χ4v) is 1.83. The molecule has 0 aromatic carbocycles. The lowest BCUT2D eigenvalue weighted by atomic mass is 10.3. The van der Waals surface area contributed by atoms with Crippen molar-refractivity contribution in [3.63, 3.8) is 0 Å². The van der Waals surface area contributed by atoms with Crippen LogP contribution in [0.15, 0.2) is 11.6 Å². The van der Waals surface area contributed by atoms with Crippen molar-refractivity contribution < 1.29 is 9.53 Å². The number of thiol groups is 1. The van der Waals surface area contributed by atoms with Crippen molar-refractivity contribution >= 4 is 36.0 Å². The number of esters is 1. The van der Waals surface area contributed by atoms with E-state index in [4.69, 9.17) is 4.74 Å². The third-order valence-electron chi connectivity index (χ3n) is 1.63. The van der Waals surface area contributed by atoms with Crippen molar-refractivity contribution in [1.82, 2.24) is 4.98 Å². The van der Waals surface area contributed by atoms with Crippen LogP contribution in [0.3, 0.4) is 0 Å². The van der Waals surface area contributed by atoms with E-state index in [0.29, 0.717) is 12.3 Å². The minimum Gasteiger partial charge on any atom is -0.461 e. The Morgan fingerprint density at radius 1 is 1.73 bits per heavy atom. The molecule has 0 aliphatic carbocycles. The van der Waals surface area contributed by atoms with E-state index in [1.54, 1.807) is 12.4 Å². The normalized spacial score (nSPS) is 10.8. The van der Waals surface area contributed by atoms with Crippen LogP contribution in [0.25, 0.3) is 6.08 Å². The number of carbonyl (C=O) groups is 1. The number of hydrogen-bond donors (Lipinski definition) is 1. The molecular formula is C10H13NO2S2. The number of aromatic nitrogens is 1. The minimum absolute atomic E-state index is 0.357. The molecule has 0 atom stereocenters. The fraction of sp³-hybridized carbons (Fsp3) is 0.400. The van der Waals surface area contributed by atoms with Crippen molar-refractivity contribution in [3.8, 4) is 0 Å². The molecule has 0 N–H and O–H groups in total. The predicted octanol–water partition coefficient (Wildman–Crippen LogP) is 2.65. The number of nitrogens with zero attached hydrogens (tertiary/aromatic N) is 1. The summed E-state index contributed by atoms with van der Waals surface area (Å²) in [5, 5.41) is 0. The summed E-state index contributed by atoms with van der Waals surface area (Å²) in [5.74, 6) is 0.439.